The second-order valence-corrected chi connectivity index (χ2v) is 4.72. The summed E-state index contributed by atoms with van der Waals surface area (Å²) in [7, 11) is 0. The van der Waals surface area contributed by atoms with Crippen LogP contribution in [0.25, 0.3) is 0 Å². The van der Waals surface area contributed by atoms with Crippen LogP contribution in [-0.4, -0.2) is 17.6 Å². The van der Waals surface area contributed by atoms with E-state index < -0.39 is 0 Å². The Morgan fingerprint density at radius 1 is 1.26 bits per heavy atom. The van der Waals surface area contributed by atoms with Crippen LogP contribution in [0.1, 0.15) is 12.5 Å². The molecule has 1 aliphatic rings. The molecule has 0 spiro atoms. The summed E-state index contributed by atoms with van der Waals surface area (Å²) in [5.74, 6) is 0.284. The maximum atomic E-state index is 11.5. The van der Waals surface area contributed by atoms with Crippen molar-refractivity contribution in [1.29, 1.82) is 0 Å². The Morgan fingerprint density at radius 2 is 1.89 bits per heavy atom. The van der Waals surface area contributed by atoms with Crippen LogP contribution in [-0.2, 0) is 11.2 Å². The Labute approximate surface area is 118 Å². The van der Waals surface area contributed by atoms with E-state index in [1.54, 1.807) is 19.3 Å². The van der Waals surface area contributed by atoms with Crippen molar-refractivity contribution >= 4 is 17.7 Å². The summed E-state index contributed by atoms with van der Waals surface area (Å²) in [4.78, 5) is 12.9. The highest BCUT2D eigenvalue weighted by atomic mass is 35.5. The topological polar surface area (TPSA) is 29.5 Å². The molecule has 3 nitrogen and oxygen atoms in total. The predicted molar refractivity (Wildman–Crippen MR) is 75.8 cm³/mol. The van der Waals surface area contributed by atoms with Gasteiger partial charge in [-0.25, -0.2) is 4.79 Å². The molecule has 1 aromatic rings. The van der Waals surface area contributed by atoms with Crippen molar-refractivity contribution in [2.75, 3.05) is 6.61 Å². The van der Waals surface area contributed by atoms with E-state index in [-0.39, 0.29) is 12.0 Å². The molecule has 0 aromatic heterocycles. The Bertz CT molecular complexity index is 479. The fourth-order valence-corrected chi connectivity index (χ4v) is 1.99. The smallest absolute Gasteiger partial charge is 0.417 e. The van der Waals surface area contributed by atoms with Gasteiger partial charge in [-0.2, -0.15) is 0 Å². The van der Waals surface area contributed by atoms with Crippen LogP contribution in [0.15, 0.2) is 48.8 Å². The number of ether oxygens (including phenoxy) is 1. The number of allylic oxidation sites excluding steroid dienone is 2. The Morgan fingerprint density at radius 3 is 2.47 bits per heavy atom. The zero-order chi connectivity index (χ0) is 13.7. The summed E-state index contributed by atoms with van der Waals surface area (Å²) < 4.78 is 4.92. The zero-order valence-corrected chi connectivity index (χ0v) is 11.5. The Hall–Kier alpha value is -1.74. The first-order chi connectivity index (χ1) is 9.19. The first-order valence-electron chi connectivity index (χ1n) is 6.25. The van der Waals surface area contributed by atoms with E-state index in [0.29, 0.717) is 6.61 Å². The molecule has 0 aliphatic carbocycles. The number of halogens is 1. The van der Waals surface area contributed by atoms with Crippen molar-refractivity contribution in [2.45, 2.75) is 13.3 Å². The van der Waals surface area contributed by atoms with Crippen molar-refractivity contribution in [3.05, 3.63) is 59.4 Å². The van der Waals surface area contributed by atoms with Gasteiger partial charge in [0.25, 0.3) is 0 Å². The van der Waals surface area contributed by atoms with Gasteiger partial charge in [0, 0.05) is 23.3 Å². The number of carbonyl (C=O) groups excluding carboxylic acids is 1. The zero-order valence-electron chi connectivity index (χ0n) is 10.8. The normalized spacial score (nSPS) is 14.7. The number of hydrogen-bond donors (Lipinski definition) is 0. The van der Waals surface area contributed by atoms with E-state index in [9.17, 15) is 4.79 Å². The van der Waals surface area contributed by atoms with Gasteiger partial charge in [-0.3, -0.25) is 4.90 Å². The predicted octanol–water partition coefficient (Wildman–Crippen LogP) is 4.00. The molecule has 0 N–H and O–H groups in total. The summed E-state index contributed by atoms with van der Waals surface area (Å²) in [6.07, 6.45) is 8.02. The van der Waals surface area contributed by atoms with Crippen LogP contribution < -0.4 is 0 Å². The van der Waals surface area contributed by atoms with E-state index in [1.807, 2.05) is 36.4 Å². The first kappa shape index (κ1) is 13.7. The molecule has 4 heteroatoms. The minimum atomic E-state index is -0.347. The number of benzene rings is 1. The largest absolute Gasteiger partial charge is 0.449 e. The lowest BCUT2D eigenvalue weighted by atomic mass is 9.98. The molecule has 100 valence electrons. The standard InChI is InChI=1S/C15H16ClNO2/c1-2-19-15(18)17-9-7-13(8-10-17)11-12-3-5-14(16)6-4-12/h3-10,13H,2,11H2,1H3. The number of hydrogen-bond acceptors (Lipinski definition) is 2. The van der Waals surface area contributed by atoms with Gasteiger partial charge in [0.2, 0.25) is 0 Å². The molecule has 0 saturated heterocycles. The summed E-state index contributed by atoms with van der Waals surface area (Å²) >= 11 is 5.85. The highest BCUT2D eigenvalue weighted by Gasteiger charge is 2.13. The van der Waals surface area contributed by atoms with Gasteiger partial charge in [-0.05, 0) is 31.0 Å². The molecule has 0 saturated carbocycles. The number of carbonyl (C=O) groups is 1. The summed E-state index contributed by atoms with van der Waals surface area (Å²) in [6.45, 7) is 2.17. The fourth-order valence-electron chi connectivity index (χ4n) is 1.87. The Kier molecular flexibility index (Phi) is 4.63. The van der Waals surface area contributed by atoms with Gasteiger partial charge in [-0.15, -0.1) is 0 Å². The van der Waals surface area contributed by atoms with Crippen molar-refractivity contribution in [3.63, 3.8) is 0 Å². The molecule has 1 aromatic carbocycles. The van der Waals surface area contributed by atoms with E-state index >= 15 is 0 Å². The highest BCUT2D eigenvalue weighted by molar-refractivity contribution is 6.30. The van der Waals surface area contributed by atoms with E-state index in [0.717, 1.165) is 11.4 Å². The minimum Gasteiger partial charge on any atom is -0.449 e. The number of rotatable bonds is 3. The van der Waals surface area contributed by atoms with Crippen LogP contribution in [0.3, 0.4) is 0 Å². The molecule has 1 aliphatic heterocycles. The average Bonchev–Trinajstić information content (AvgIpc) is 2.42. The molecular weight excluding hydrogens is 262 g/mol. The molecule has 1 heterocycles. The lowest BCUT2D eigenvalue weighted by Crippen LogP contribution is -2.23. The first-order valence-corrected chi connectivity index (χ1v) is 6.63. The quantitative estimate of drug-likeness (QED) is 0.836. The van der Waals surface area contributed by atoms with E-state index in [4.69, 9.17) is 16.3 Å². The van der Waals surface area contributed by atoms with Crippen molar-refractivity contribution in [3.8, 4) is 0 Å². The van der Waals surface area contributed by atoms with E-state index in [1.165, 1.54) is 10.5 Å². The molecule has 0 radical (unpaired) electrons. The molecule has 0 fully saturated rings. The van der Waals surface area contributed by atoms with Gasteiger partial charge in [-0.1, -0.05) is 35.9 Å². The number of nitrogens with zero attached hydrogens (tertiary/aromatic N) is 1. The maximum Gasteiger partial charge on any atom is 0.417 e. The second-order valence-electron chi connectivity index (χ2n) is 4.28. The summed E-state index contributed by atoms with van der Waals surface area (Å²) in [6, 6.07) is 7.81. The SMILES string of the molecule is CCOC(=O)N1C=CC(Cc2ccc(Cl)cc2)C=C1. The van der Waals surface area contributed by atoms with E-state index in [2.05, 4.69) is 0 Å². The lowest BCUT2D eigenvalue weighted by Gasteiger charge is -2.19. The molecule has 19 heavy (non-hydrogen) atoms. The lowest BCUT2D eigenvalue weighted by molar-refractivity contribution is 0.133. The molecule has 0 bridgehead atoms. The van der Waals surface area contributed by atoms with Crippen LogP contribution >= 0.6 is 11.6 Å². The third kappa shape index (κ3) is 3.86. The average molecular weight is 278 g/mol. The fraction of sp³-hybridized carbons (Fsp3) is 0.267. The molecule has 1 amide bonds. The van der Waals surface area contributed by atoms with Crippen LogP contribution in [0, 0.1) is 5.92 Å². The van der Waals surface area contributed by atoms with Gasteiger partial charge in [0.15, 0.2) is 0 Å². The molecule has 0 unspecified atom stereocenters. The van der Waals surface area contributed by atoms with Crippen LogP contribution in [0.4, 0.5) is 4.79 Å². The number of amides is 1. The van der Waals surface area contributed by atoms with Crippen LogP contribution in [0.2, 0.25) is 5.02 Å². The molecule has 2 rings (SSSR count). The maximum absolute atomic E-state index is 11.5. The van der Waals surface area contributed by atoms with Crippen LogP contribution in [0.5, 0.6) is 0 Å². The molecule has 0 atom stereocenters. The summed E-state index contributed by atoms with van der Waals surface area (Å²) in [5.41, 5.74) is 1.22. The van der Waals surface area contributed by atoms with Crippen molar-refractivity contribution in [1.82, 2.24) is 4.90 Å². The monoisotopic (exact) mass is 277 g/mol. The van der Waals surface area contributed by atoms with Gasteiger partial charge >= 0.3 is 6.09 Å². The second kappa shape index (κ2) is 6.43. The Balaban J connectivity index is 1.92. The minimum absolute atomic E-state index is 0.284. The van der Waals surface area contributed by atoms with Crippen molar-refractivity contribution in [2.24, 2.45) is 5.92 Å². The third-order valence-corrected chi connectivity index (χ3v) is 3.10. The van der Waals surface area contributed by atoms with Gasteiger partial charge in [0.1, 0.15) is 0 Å². The van der Waals surface area contributed by atoms with Gasteiger partial charge in [0.05, 0.1) is 6.61 Å². The van der Waals surface area contributed by atoms with Gasteiger partial charge < -0.3 is 4.74 Å². The van der Waals surface area contributed by atoms with Crippen molar-refractivity contribution < 1.29 is 9.53 Å². The third-order valence-electron chi connectivity index (χ3n) is 2.85. The highest BCUT2D eigenvalue weighted by Crippen LogP contribution is 2.18. The summed E-state index contributed by atoms with van der Waals surface area (Å²) in [5, 5.41) is 0.743. The molecular formula is C15H16ClNO2.